The predicted octanol–water partition coefficient (Wildman–Crippen LogP) is 4.12. The highest BCUT2D eigenvalue weighted by atomic mass is 16.5. The second-order valence-corrected chi connectivity index (χ2v) is 6.54. The van der Waals surface area contributed by atoms with Crippen molar-refractivity contribution in [2.75, 3.05) is 0 Å². The first-order chi connectivity index (χ1) is 9.58. The van der Waals surface area contributed by atoms with E-state index >= 15 is 0 Å². The van der Waals surface area contributed by atoms with Crippen molar-refractivity contribution in [3.8, 4) is 5.75 Å². The predicted molar refractivity (Wildman–Crippen MR) is 84.0 cm³/mol. The molecule has 20 heavy (non-hydrogen) atoms. The summed E-state index contributed by atoms with van der Waals surface area (Å²) in [6.45, 7) is 4.49. The summed E-state index contributed by atoms with van der Waals surface area (Å²) >= 11 is 0. The lowest BCUT2D eigenvalue weighted by Crippen LogP contribution is -2.51. The summed E-state index contributed by atoms with van der Waals surface area (Å²) < 4.78 is 6.29. The van der Waals surface area contributed by atoms with Crippen molar-refractivity contribution in [2.24, 2.45) is 11.1 Å². The van der Waals surface area contributed by atoms with Gasteiger partial charge in [-0.3, -0.25) is 0 Å². The molecule has 0 amide bonds. The van der Waals surface area contributed by atoms with Crippen LogP contribution in [0.15, 0.2) is 42.5 Å². The first kappa shape index (κ1) is 13.4. The van der Waals surface area contributed by atoms with Crippen LogP contribution in [0.25, 0.3) is 10.8 Å². The van der Waals surface area contributed by atoms with Gasteiger partial charge in [-0.15, -0.1) is 0 Å². The molecule has 0 radical (unpaired) electrons. The minimum atomic E-state index is 0.0928. The molecular formula is C18H23NO. The Morgan fingerprint density at radius 1 is 1.10 bits per heavy atom. The van der Waals surface area contributed by atoms with Gasteiger partial charge in [0.2, 0.25) is 0 Å². The van der Waals surface area contributed by atoms with Crippen LogP contribution in [0.4, 0.5) is 0 Å². The zero-order valence-electron chi connectivity index (χ0n) is 12.3. The summed E-state index contributed by atoms with van der Waals surface area (Å²) in [5.74, 6) is 0.959. The second-order valence-electron chi connectivity index (χ2n) is 6.54. The van der Waals surface area contributed by atoms with Crippen molar-refractivity contribution in [1.82, 2.24) is 0 Å². The number of ether oxygens (including phenoxy) is 1. The molecule has 0 spiro atoms. The van der Waals surface area contributed by atoms with Crippen LogP contribution in [0.5, 0.6) is 5.75 Å². The fourth-order valence-electron chi connectivity index (χ4n) is 3.20. The van der Waals surface area contributed by atoms with Gasteiger partial charge in [-0.25, -0.2) is 0 Å². The Labute approximate surface area is 120 Å². The van der Waals surface area contributed by atoms with Gasteiger partial charge in [0.25, 0.3) is 0 Å². The van der Waals surface area contributed by atoms with Crippen LogP contribution in [-0.4, -0.2) is 12.1 Å². The van der Waals surface area contributed by atoms with Gasteiger partial charge >= 0.3 is 0 Å². The van der Waals surface area contributed by atoms with Crippen LogP contribution in [0, 0.1) is 5.41 Å². The van der Waals surface area contributed by atoms with Gasteiger partial charge in [0.15, 0.2) is 0 Å². The summed E-state index contributed by atoms with van der Waals surface area (Å²) in [5.41, 5.74) is 6.58. The quantitative estimate of drug-likeness (QED) is 0.890. The molecule has 1 saturated carbocycles. The highest BCUT2D eigenvalue weighted by Gasteiger charge is 2.37. The smallest absolute Gasteiger partial charge is 0.127 e. The first-order valence-electron chi connectivity index (χ1n) is 7.48. The van der Waals surface area contributed by atoms with E-state index in [1.807, 2.05) is 0 Å². The van der Waals surface area contributed by atoms with Crippen molar-refractivity contribution in [1.29, 1.82) is 0 Å². The van der Waals surface area contributed by atoms with E-state index in [2.05, 4.69) is 56.3 Å². The minimum Gasteiger partial charge on any atom is -0.488 e. The Morgan fingerprint density at radius 2 is 1.85 bits per heavy atom. The zero-order valence-corrected chi connectivity index (χ0v) is 12.3. The van der Waals surface area contributed by atoms with Crippen molar-refractivity contribution >= 4 is 10.8 Å². The Bertz CT molecular complexity index is 600. The van der Waals surface area contributed by atoms with Crippen LogP contribution in [0.3, 0.4) is 0 Å². The molecule has 2 unspecified atom stereocenters. The number of nitrogens with two attached hydrogens (primary N) is 1. The molecule has 2 atom stereocenters. The average molecular weight is 269 g/mol. The lowest BCUT2D eigenvalue weighted by Gasteiger charge is -2.41. The van der Waals surface area contributed by atoms with Gasteiger partial charge in [-0.2, -0.15) is 0 Å². The third-order valence-corrected chi connectivity index (χ3v) is 4.64. The van der Waals surface area contributed by atoms with E-state index in [1.54, 1.807) is 0 Å². The van der Waals surface area contributed by atoms with Crippen molar-refractivity contribution < 1.29 is 4.74 Å². The zero-order chi connectivity index (χ0) is 14.2. The molecule has 1 aliphatic rings. The van der Waals surface area contributed by atoms with E-state index in [-0.39, 0.29) is 17.6 Å². The van der Waals surface area contributed by atoms with E-state index in [4.69, 9.17) is 10.5 Å². The molecule has 0 aliphatic heterocycles. The molecule has 0 bridgehead atoms. The van der Waals surface area contributed by atoms with Gasteiger partial charge < -0.3 is 10.5 Å². The lowest BCUT2D eigenvalue weighted by molar-refractivity contribution is 0.0578. The van der Waals surface area contributed by atoms with Crippen LogP contribution in [0.2, 0.25) is 0 Å². The molecule has 0 aromatic heterocycles. The molecule has 2 N–H and O–H groups in total. The summed E-state index contributed by atoms with van der Waals surface area (Å²) in [6.07, 6.45) is 3.54. The maximum Gasteiger partial charge on any atom is 0.127 e. The number of rotatable bonds is 2. The molecule has 0 heterocycles. The van der Waals surface area contributed by atoms with Gasteiger partial charge in [-0.1, -0.05) is 50.2 Å². The molecule has 2 aromatic carbocycles. The molecule has 0 saturated heterocycles. The second kappa shape index (κ2) is 5.10. The summed E-state index contributed by atoms with van der Waals surface area (Å²) in [5, 5.41) is 2.39. The Hall–Kier alpha value is -1.54. The molecule has 1 aliphatic carbocycles. The van der Waals surface area contributed by atoms with Crippen molar-refractivity contribution in [3.05, 3.63) is 42.5 Å². The van der Waals surface area contributed by atoms with E-state index in [1.165, 1.54) is 23.6 Å². The number of fused-ring (bicyclic) bond motifs is 1. The van der Waals surface area contributed by atoms with Crippen molar-refractivity contribution in [2.45, 2.75) is 45.3 Å². The number of hydrogen-bond acceptors (Lipinski definition) is 2. The minimum absolute atomic E-state index is 0.0928. The number of hydrogen-bond donors (Lipinski definition) is 1. The SMILES string of the molecule is CC1(C)CCCC(Oc2cccc3ccccc23)C1N. The summed E-state index contributed by atoms with van der Waals surface area (Å²) in [4.78, 5) is 0. The van der Waals surface area contributed by atoms with Crippen LogP contribution >= 0.6 is 0 Å². The van der Waals surface area contributed by atoms with E-state index < -0.39 is 0 Å². The lowest BCUT2D eigenvalue weighted by atomic mass is 9.72. The maximum absolute atomic E-state index is 6.42. The van der Waals surface area contributed by atoms with Gasteiger partial charge in [-0.05, 0) is 36.1 Å². The number of benzene rings is 2. The van der Waals surface area contributed by atoms with E-state index in [9.17, 15) is 0 Å². The molecule has 1 fully saturated rings. The van der Waals surface area contributed by atoms with Crippen LogP contribution in [0.1, 0.15) is 33.1 Å². The topological polar surface area (TPSA) is 35.2 Å². The molecule has 106 valence electrons. The van der Waals surface area contributed by atoms with Gasteiger partial charge in [0.1, 0.15) is 11.9 Å². The maximum atomic E-state index is 6.42. The summed E-state index contributed by atoms with van der Waals surface area (Å²) in [6, 6.07) is 14.7. The highest BCUT2D eigenvalue weighted by Crippen LogP contribution is 2.37. The average Bonchev–Trinajstić information content (AvgIpc) is 2.44. The third kappa shape index (κ3) is 2.40. The van der Waals surface area contributed by atoms with Crippen LogP contribution < -0.4 is 10.5 Å². The molecule has 2 aromatic rings. The Morgan fingerprint density at radius 3 is 2.70 bits per heavy atom. The molecule has 2 heteroatoms. The molecule has 3 rings (SSSR count). The Balaban J connectivity index is 1.90. The van der Waals surface area contributed by atoms with E-state index in [0.29, 0.717) is 0 Å². The fraction of sp³-hybridized carbons (Fsp3) is 0.444. The first-order valence-corrected chi connectivity index (χ1v) is 7.48. The normalized spacial score (nSPS) is 25.6. The fourth-order valence-corrected chi connectivity index (χ4v) is 3.20. The third-order valence-electron chi connectivity index (χ3n) is 4.64. The largest absolute Gasteiger partial charge is 0.488 e. The van der Waals surface area contributed by atoms with Gasteiger partial charge in [0.05, 0.1) is 0 Å². The summed E-state index contributed by atoms with van der Waals surface area (Å²) in [7, 11) is 0. The Kier molecular flexibility index (Phi) is 3.43. The molecular weight excluding hydrogens is 246 g/mol. The van der Waals surface area contributed by atoms with Crippen LogP contribution in [-0.2, 0) is 0 Å². The molecule has 2 nitrogen and oxygen atoms in total. The highest BCUT2D eigenvalue weighted by molar-refractivity contribution is 5.88. The van der Waals surface area contributed by atoms with E-state index in [0.717, 1.165) is 12.2 Å². The van der Waals surface area contributed by atoms with Crippen molar-refractivity contribution in [3.63, 3.8) is 0 Å². The standard InChI is InChI=1S/C18H23NO/c1-18(2)12-6-11-16(17(18)19)20-15-10-5-8-13-7-3-4-9-14(13)15/h3-5,7-10,16-17H,6,11-12,19H2,1-2H3. The monoisotopic (exact) mass is 269 g/mol. The van der Waals surface area contributed by atoms with Gasteiger partial charge in [0, 0.05) is 11.4 Å².